The highest BCUT2D eigenvalue weighted by atomic mass is 19.1. The summed E-state index contributed by atoms with van der Waals surface area (Å²) in [6.07, 6.45) is 1.31. The Hall–Kier alpha value is -2.43. The normalized spacial score (nSPS) is 10.3. The molecule has 0 saturated heterocycles. The minimum Gasteiger partial charge on any atom is -0.496 e. The van der Waals surface area contributed by atoms with Gasteiger partial charge in [-0.3, -0.25) is 0 Å². The highest BCUT2D eigenvalue weighted by molar-refractivity contribution is 5.87. The van der Waals surface area contributed by atoms with Gasteiger partial charge in [-0.1, -0.05) is 18.2 Å². The second kappa shape index (κ2) is 5.06. The van der Waals surface area contributed by atoms with Gasteiger partial charge in [0, 0.05) is 23.4 Å². The maximum absolute atomic E-state index is 14.1. The number of halogens is 1. The average Bonchev–Trinajstić information content (AvgIpc) is 2.41. The van der Waals surface area contributed by atoms with E-state index in [1.807, 2.05) is 0 Å². The molecule has 0 aliphatic carbocycles. The van der Waals surface area contributed by atoms with Crippen molar-refractivity contribution in [2.75, 3.05) is 7.11 Å². The Morgan fingerprint density at radius 3 is 2.74 bits per heavy atom. The van der Waals surface area contributed by atoms with Gasteiger partial charge in [0.15, 0.2) is 5.69 Å². The zero-order valence-electron chi connectivity index (χ0n) is 10.5. The molecule has 2 aromatic rings. The van der Waals surface area contributed by atoms with Crippen LogP contribution in [0.5, 0.6) is 5.75 Å². The van der Waals surface area contributed by atoms with E-state index in [2.05, 4.69) is 4.98 Å². The molecule has 98 valence electrons. The van der Waals surface area contributed by atoms with Crippen molar-refractivity contribution in [3.05, 3.63) is 47.5 Å². The van der Waals surface area contributed by atoms with E-state index in [1.165, 1.54) is 19.4 Å². The quantitative estimate of drug-likeness (QED) is 0.922. The molecule has 1 aromatic heterocycles. The van der Waals surface area contributed by atoms with Crippen LogP contribution in [0.4, 0.5) is 4.39 Å². The van der Waals surface area contributed by atoms with Crippen molar-refractivity contribution in [1.29, 1.82) is 0 Å². The lowest BCUT2D eigenvalue weighted by Gasteiger charge is -2.10. The molecule has 0 radical (unpaired) electrons. The van der Waals surface area contributed by atoms with Crippen LogP contribution in [0.15, 0.2) is 30.5 Å². The van der Waals surface area contributed by atoms with E-state index < -0.39 is 5.97 Å². The largest absolute Gasteiger partial charge is 0.496 e. The second-order valence-corrected chi connectivity index (χ2v) is 4.01. The van der Waals surface area contributed by atoms with Crippen LogP contribution in [0.25, 0.3) is 11.1 Å². The summed E-state index contributed by atoms with van der Waals surface area (Å²) in [5, 5.41) is 8.87. The van der Waals surface area contributed by atoms with Gasteiger partial charge in [-0.2, -0.15) is 0 Å². The molecular weight excluding hydrogens is 249 g/mol. The van der Waals surface area contributed by atoms with E-state index >= 15 is 0 Å². The summed E-state index contributed by atoms with van der Waals surface area (Å²) in [5.74, 6) is -1.25. The molecule has 1 aromatic carbocycles. The number of carboxylic acids is 1. The first-order valence-corrected chi connectivity index (χ1v) is 5.57. The molecule has 0 aliphatic heterocycles. The van der Waals surface area contributed by atoms with E-state index in [-0.39, 0.29) is 17.3 Å². The standard InChI is InChI=1S/C14H12FNO3/c1-8-4-3-5-9(13(8)15)10-7-16-11(14(17)18)6-12(10)19-2/h3-7H,1-2H3,(H,17,18). The Morgan fingerprint density at radius 1 is 1.37 bits per heavy atom. The number of hydrogen-bond acceptors (Lipinski definition) is 3. The van der Waals surface area contributed by atoms with Crippen LogP contribution in [-0.4, -0.2) is 23.2 Å². The number of benzene rings is 1. The zero-order valence-corrected chi connectivity index (χ0v) is 10.5. The Kier molecular flexibility index (Phi) is 3.46. The Bertz CT molecular complexity index is 641. The third-order valence-electron chi connectivity index (χ3n) is 2.79. The molecule has 0 saturated carbocycles. The number of rotatable bonds is 3. The summed E-state index contributed by atoms with van der Waals surface area (Å²) >= 11 is 0. The first kappa shape index (κ1) is 13.0. The number of ether oxygens (including phenoxy) is 1. The highest BCUT2D eigenvalue weighted by Gasteiger charge is 2.15. The lowest BCUT2D eigenvalue weighted by atomic mass is 10.0. The van der Waals surface area contributed by atoms with E-state index in [4.69, 9.17) is 9.84 Å². The van der Waals surface area contributed by atoms with Crippen LogP contribution in [0.1, 0.15) is 16.1 Å². The van der Waals surface area contributed by atoms with Crippen LogP contribution in [0, 0.1) is 12.7 Å². The van der Waals surface area contributed by atoms with Crippen LogP contribution >= 0.6 is 0 Å². The summed E-state index contributed by atoms with van der Waals surface area (Å²) in [7, 11) is 1.40. The number of carboxylic acid groups (broad SMARTS) is 1. The van der Waals surface area contributed by atoms with Crippen LogP contribution in [0.3, 0.4) is 0 Å². The van der Waals surface area contributed by atoms with E-state index in [0.717, 1.165) is 0 Å². The van der Waals surface area contributed by atoms with Crippen LogP contribution in [0.2, 0.25) is 0 Å². The zero-order chi connectivity index (χ0) is 14.0. The minimum absolute atomic E-state index is 0.145. The van der Waals surface area contributed by atoms with E-state index in [1.54, 1.807) is 25.1 Å². The number of hydrogen-bond donors (Lipinski definition) is 1. The van der Waals surface area contributed by atoms with Gasteiger partial charge < -0.3 is 9.84 Å². The Balaban J connectivity index is 2.62. The predicted octanol–water partition coefficient (Wildman–Crippen LogP) is 2.90. The molecule has 0 fully saturated rings. The number of nitrogens with zero attached hydrogens (tertiary/aromatic N) is 1. The summed E-state index contributed by atoms with van der Waals surface area (Å²) in [5.41, 5.74) is 1.12. The van der Waals surface area contributed by atoms with Crippen LogP contribution < -0.4 is 4.74 Å². The smallest absolute Gasteiger partial charge is 0.354 e. The van der Waals surface area contributed by atoms with Gasteiger partial charge in [-0.15, -0.1) is 0 Å². The monoisotopic (exact) mass is 261 g/mol. The van der Waals surface area contributed by atoms with Crippen LogP contribution in [-0.2, 0) is 0 Å². The lowest BCUT2D eigenvalue weighted by Crippen LogP contribution is -2.02. The molecule has 0 spiro atoms. The van der Waals surface area contributed by atoms with Crippen molar-refractivity contribution in [2.24, 2.45) is 0 Å². The Morgan fingerprint density at radius 2 is 2.11 bits per heavy atom. The molecule has 0 unspecified atom stereocenters. The second-order valence-electron chi connectivity index (χ2n) is 4.01. The topological polar surface area (TPSA) is 59.4 Å². The van der Waals surface area contributed by atoms with Gasteiger partial charge in [-0.25, -0.2) is 14.2 Å². The minimum atomic E-state index is -1.16. The first-order chi connectivity index (χ1) is 9.04. The molecule has 19 heavy (non-hydrogen) atoms. The number of methoxy groups -OCH3 is 1. The van der Waals surface area contributed by atoms with Gasteiger partial charge in [0.25, 0.3) is 0 Å². The maximum atomic E-state index is 14.1. The third kappa shape index (κ3) is 2.40. The molecule has 2 rings (SSSR count). The van der Waals surface area contributed by atoms with Crippen molar-refractivity contribution in [1.82, 2.24) is 4.98 Å². The lowest BCUT2D eigenvalue weighted by molar-refractivity contribution is 0.0690. The summed E-state index contributed by atoms with van der Waals surface area (Å²) < 4.78 is 19.2. The molecule has 1 N–H and O–H groups in total. The van der Waals surface area contributed by atoms with Crippen molar-refractivity contribution in [3.63, 3.8) is 0 Å². The maximum Gasteiger partial charge on any atom is 0.354 e. The third-order valence-corrected chi connectivity index (χ3v) is 2.79. The average molecular weight is 261 g/mol. The summed E-state index contributed by atoms with van der Waals surface area (Å²) in [6.45, 7) is 1.66. The fraction of sp³-hybridized carbons (Fsp3) is 0.143. The van der Waals surface area contributed by atoms with Crippen molar-refractivity contribution in [2.45, 2.75) is 6.92 Å². The van der Waals surface area contributed by atoms with E-state index in [9.17, 15) is 9.18 Å². The molecule has 4 nitrogen and oxygen atoms in total. The first-order valence-electron chi connectivity index (χ1n) is 5.57. The van der Waals surface area contributed by atoms with Gasteiger partial charge in [0.05, 0.1) is 7.11 Å². The summed E-state index contributed by atoms with van der Waals surface area (Å²) in [6, 6.07) is 6.25. The van der Waals surface area contributed by atoms with Gasteiger partial charge in [-0.05, 0) is 12.5 Å². The number of pyridine rings is 1. The van der Waals surface area contributed by atoms with E-state index in [0.29, 0.717) is 16.7 Å². The fourth-order valence-electron chi connectivity index (χ4n) is 1.78. The molecular formula is C14H12FNO3. The molecule has 0 atom stereocenters. The van der Waals surface area contributed by atoms with Crippen molar-refractivity contribution < 1.29 is 19.0 Å². The molecule has 5 heteroatoms. The van der Waals surface area contributed by atoms with Crippen molar-refractivity contribution in [3.8, 4) is 16.9 Å². The van der Waals surface area contributed by atoms with Gasteiger partial charge in [0.1, 0.15) is 11.6 Å². The molecule has 0 amide bonds. The molecule has 0 bridgehead atoms. The van der Waals surface area contributed by atoms with Crippen molar-refractivity contribution >= 4 is 5.97 Å². The number of aryl methyl sites for hydroxylation is 1. The fourth-order valence-corrected chi connectivity index (χ4v) is 1.78. The molecule has 1 heterocycles. The SMILES string of the molecule is COc1cc(C(=O)O)ncc1-c1cccc(C)c1F. The number of carbonyl (C=O) groups is 1. The Labute approximate surface area is 109 Å². The molecule has 0 aliphatic rings. The summed E-state index contributed by atoms with van der Waals surface area (Å²) in [4.78, 5) is 14.6. The number of aromatic carboxylic acids is 1. The van der Waals surface area contributed by atoms with Gasteiger partial charge >= 0.3 is 5.97 Å². The predicted molar refractivity (Wildman–Crippen MR) is 67.9 cm³/mol. The highest BCUT2D eigenvalue weighted by Crippen LogP contribution is 2.32. The number of aromatic nitrogens is 1. The van der Waals surface area contributed by atoms with Gasteiger partial charge in [0.2, 0.25) is 0 Å².